The summed E-state index contributed by atoms with van der Waals surface area (Å²) in [7, 11) is 1.44. The van der Waals surface area contributed by atoms with Gasteiger partial charge >= 0.3 is 0 Å². The highest BCUT2D eigenvalue weighted by Crippen LogP contribution is 2.43. The van der Waals surface area contributed by atoms with Crippen LogP contribution in [0.1, 0.15) is 17.7 Å². The molecule has 0 aromatic carbocycles. The lowest BCUT2D eigenvalue weighted by molar-refractivity contribution is 0.192. The number of hydrogen-bond donors (Lipinski definition) is 2. The summed E-state index contributed by atoms with van der Waals surface area (Å²) in [6, 6.07) is 3.41. The summed E-state index contributed by atoms with van der Waals surface area (Å²) in [5.41, 5.74) is 11.5. The van der Waals surface area contributed by atoms with Gasteiger partial charge in [0.25, 0.3) is 0 Å². The summed E-state index contributed by atoms with van der Waals surface area (Å²) in [6.45, 7) is 0.331. The molecule has 7 nitrogen and oxygen atoms in total. The number of pyridine rings is 2. The van der Waals surface area contributed by atoms with Crippen molar-refractivity contribution in [2.75, 3.05) is 13.7 Å². The smallest absolute Gasteiger partial charge is 0.179 e. The Morgan fingerprint density at radius 1 is 1.21 bits per heavy atom. The van der Waals surface area contributed by atoms with Gasteiger partial charge in [0.2, 0.25) is 0 Å². The highest BCUT2D eigenvalue weighted by molar-refractivity contribution is 6.58. The van der Waals surface area contributed by atoms with Crippen LogP contribution in [0, 0.1) is 11.3 Å². The number of nitrogens with two attached hydrogens (primary N) is 2. The minimum Gasteiger partial charge on any atom is -0.491 e. The van der Waals surface area contributed by atoms with E-state index in [9.17, 15) is 5.26 Å². The molecule has 0 aliphatic carbocycles. The molecule has 0 bridgehead atoms. The summed E-state index contributed by atoms with van der Waals surface area (Å²) < 4.78 is 10.9. The van der Waals surface area contributed by atoms with Crippen LogP contribution in [0.3, 0.4) is 0 Å². The monoisotopic (exact) mass is 495 g/mol. The fourth-order valence-corrected chi connectivity index (χ4v) is 3.55. The second-order valence-corrected chi connectivity index (χ2v) is 7.30. The second kappa shape index (κ2) is 10.5. The molecule has 0 aliphatic heterocycles. The fourth-order valence-electron chi connectivity index (χ4n) is 2.22. The van der Waals surface area contributed by atoms with E-state index in [4.69, 9.17) is 78.9 Å². The summed E-state index contributed by atoms with van der Waals surface area (Å²) >= 11 is 30.7. The molecule has 0 amide bonds. The zero-order chi connectivity index (χ0) is 21.7. The van der Waals surface area contributed by atoms with Gasteiger partial charge in [0.1, 0.15) is 22.6 Å². The number of nitrogens with zero attached hydrogens (tertiary/aromatic N) is 3. The number of hydrogen-bond acceptors (Lipinski definition) is 7. The Morgan fingerprint density at radius 3 is 2.34 bits per heavy atom. The second-order valence-electron chi connectivity index (χ2n) is 5.45. The van der Waals surface area contributed by atoms with Crippen molar-refractivity contribution in [1.82, 2.24) is 9.97 Å². The molecule has 1 unspecified atom stereocenters. The lowest BCUT2D eigenvalue weighted by atomic mass is 10.1. The van der Waals surface area contributed by atoms with Crippen LogP contribution in [0.2, 0.25) is 20.4 Å². The van der Waals surface area contributed by atoms with Gasteiger partial charge in [-0.15, -0.1) is 0 Å². The van der Waals surface area contributed by atoms with Crippen molar-refractivity contribution < 1.29 is 9.47 Å². The van der Waals surface area contributed by atoms with E-state index in [0.29, 0.717) is 18.7 Å². The zero-order valence-electron chi connectivity index (χ0n) is 14.8. The molecule has 0 saturated carbocycles. The van der Waals surface area contributed by atoms with Crippen LogP contribution in [0.25, 0.3) is 10.6 Å². The van der Waals surface area contributed by atoms with E-state index in [1.165, 1.54) is 19.4 Å². The largest absolute Gasteiger partial charge is 0.491 e. The Kier molecular flexibility index (Phi) is 8.61. The Hall–Kier alpha value is -1.50. The highest BCUT2D eigenvalue weighted by Gasteiger charge is 2.23. The summed E-state index contributed by atoms with van der Waals surface area (Å²) in [4.78, 5) is 7.97. The first-order valence-electron chi connectivity index (χ1n) is 7.92. The fraction of sp³-hybridized carbons (Fsp3) is 0.235. The van der Waals surface area contributed by atoms with E-state index in [2.05, 4.69) is 9.97 Å². The molecule has 2 aromatic rings. The van der Waals surface area contributed by atoms with Gasteiger partial charge in [0.05, 0.1) is 39.7 Å². The van der Waals surface area contributed by atoms with Gasteiger partial charge < -0.3 is 15.2 Å². The van der Waals surface area contributed by atoms with Crippen molar-refractivity contribution in [2.24, 2.45) is 11.5 Å². The molecule has 154 valence electrons. The molecule has 1 atom stereocenters. The predicted octanol–water partition coefficient (Wildman–Crippen LogP) is 4.74. The van der Waals surface area contributed by atoms with E-state index in [0.717, 1.165) is 0 Å². The number of allylic oxidation sites excluding steroid dienone is 1. The maximum atomic E-state index is 9.70. The van der Waals surface area contributed by atoms with Crippen LogP contribution in [0.5, 0.6) is 11.5 Å². The van der Waals surface area contributed by atoms with E-state index in [1.807, 2.05) is 6.07 Å². The minimum atomic E-state index is -0.684. The molecule has 4 N–H and O–H groups in total. The minimum absolute atomic E-state index is 0.0523. The van der Waals surface area contributed by atoms with Gasteiger partial charge in [-0.25, -0.2) is 4.98 Å². The normalized spacial score (nSPS) is 12.8. The first-order valence-corrected chi connectivity index (χ1v) is 9.81. The molecule has 29 heavy (non-hydrogen) atoms. The van der Waals surface area contributed by atoms with Gasteiger partial charge in [-0.05, 0) is 6.54 Å². The maximum Gasteiger partial charge on any atom is 0.179 e. The Balaban J connectivity index is 2.64. The van der Waals surface area contributed by atoms with Crippen LogP contribution in [-0.2, 0) is 0 Å². The molecule has 0 aliphatic rings. The summed E-state index contributed by atoms with van der Waals surface area (Å²) in [6.07, 6.45) is 1.08. The van der Waals surface area contributed by atoms with Crippen LogP contribution < -0.4 is 20.9 Å². The Morgan fingerprint density at radius 2 is 1.83 bits per heavy atom. The van der Waals surface area contributed by atoms with Crippen LogP contribution in [-0.4, -0.2) is 29.9 Å². The molecule has 2 rings (SSSR count). The standard InChI is InChI=1S/C17H14Cl5N5O2/c1-28-10-6-26-8(4-9(10)29-11(25)2-3-23)7(5-24)13(18)12-14(19)16(21)27-17(22)15(12)20/h4,6,11H,2-3,23,25H2,1H3/b13-7+. The van der Waals surface area contributed by atoms with Crippen LogP contribution in [0.15, 0.2) is 12.3 Å². The molecule has 2 heterocycles. The van der Waals surface area contributed by atoms with Crippen molar-refractivity contribution >= 4 is 68.6 Å². The maximum absolute atomic E-state index is 9.70. The van der Waals surface area contributed by atoms with Crippen molar-refractivity contribution in [1.29, 1.82) is 5.26 Å². The number of rotatable bonds is 7. The third-order valence-electron chi connectivity index (χ3n) is 3.59. The van der Waals surface area contributed by atoms with E-state index < -0.39 is 6.23 Å². The van der Waals surface area contributed by atoms with Crippen molar-refractivity contribution in [2.45, 2.75) is 12.6 Å². The average molecular weight is 498 g/mol. The lowest BCUT2D eigenvalue weighted by Gasteiger charge is -2.17. The first-order chi connectivity index (χ1) is 13.7. The molecular weight excluding hydrogens is 483 g/mol. The lowest BCUT2D eigenvalue weighted by Crippen LogP contribution is -2.30. The Labute approximate surface area is 192 Å². The van der Waals surface area contributed by atoms with Crippen molar-refractivity contribution in [3.8, 4) is 17.6 Å². The SMILES string of the molecule is COc1cnc(/C(C#N)=C(/Cl)c2c(Cl)c(Cl)nc(Cl)c2Cl)cc1OC(N)CCN. The van der Waals surface area contributed by atoms with Crippen molar-refractivity contribution in [3.63, 3.8) is 0 Å². The average Bonchev–Trinajstić information content (AvgIpc) is 2.67. The topological polar surface area (TPSA) is 120 Å². The van der Waals surface area contributed by atoms with Gasteiger partial charge in [-0.3, -0.25) is 10.7 Å². The third-order valence-corrected chi connectivity index (χ3v) is 5.44. The van der Waals surface area contributed by atoms with Gasteiger partial charge in [0, 0.05) is 18.1 Å². The number of aromatic nitrogens is 2. The number of nitriles is 1. The van der Waals surface area contributed by atoms with E-state index >= 15 is 0 Å². The first kappa shape index (κ1) is 23.8. The van der Waals surface area contributed by atoms with Gasteiger partial charge in [-0.2, -0.15) is 5.26 Å². The van der Waals surface area contributed by atoms with Crippen LogP contribution in [0.4, 0.5) is 0 Å². The molecule has 0 saturated heterocycles. The quantitative estimate of drug-likeness (QED) is 0.322. The van der Waals surface area contributed by atoms with Crippen LogP contribution >= 0.6 is 58.0 Å². The number of ether oxygens (including phenoxy) is 2. The van der Waals surface area contributed by atoms with Gasteiger partial charge in [0.15, 0.2) is 11.5 Å². The van der Waals surface area contributed by atoms with Crippen molar-refractivity contribution in [3.05, 3.63) is 43.9 Å². The van der Waals surface area contributed by atoms with E-state index in [-0.39, 0.29) is 48.0 Å². The molecule has 0 spiro atoms. The Bertz CT molecular complexity index is 967. The van der Waals surface area contributed by atoms with E-state index in [1.54, 1.807) is 0 Å². The molecule has 0 radical (unpaired) electrons. The number of methoxy groups -OCH3 is 1. The molecular formula is C17H14Cl5N5O2. The highest BCUT2D eigenvalue weighted by atomic mass is 35.5. The van der Waals surface area contributed by atoms with Gasteiger partial charge in [-0.1, -0.05) is 58.0 Å². The number of halogens is 5. The molecule has 12 heteroatoms. The summed E-state index contributed by atoms with van der Waals surface area (Å²) in [5, 5.41) is 9.22. The summed E-state index contributed by atoms with van der Waals surface area (Å²) in [5.74, 6) is 0.555. The predicted molar refractivity (Wildman–Crippen MR) is 116 cm³/mol. The molecule has 2 aromatic heterocycles. The molecule has 0 fully saturated rings. The zero-order valence-corrected chi connectivity index (χ0v) is 18.6. The third kappa shape index (κ3) is 5.36.